The molecule has 3 aromatic rings. The van der Waals surface area contributed by atoms with Crippen molar-refractivity contribution in [2.75, 3.05) is 19.0 Å². The second-order valence-corrected chi connectivity index (χ2v) is 6.34. The van der Waals surface area contributed by atoms with E-state index in [9.17, 15) is 9.59 Å². The second-order valence-electron chi connectivity index (χ2n) is 6.34. The molecule has 3 aromatic carbocycles. The summed E-state index contributed by atoms with van der Waals surface area (Å²) in [6, 6.07) is 22.5. The zero-order valence-electron chi connectivity index (χ0n) is 16.8. The van der Waals surface area contributed by atoms with Gasteiger partial charge >= 0.3 is 5.97 Å². The number of methoxy groups -OCH3 is 1. The molecule has 0 bridgehead atoms. The third-order valence-corrected chi connectivity index (χ3v) is 4.34. The summed E-state index contributed by atoms with van der Waals surface area (Å²) in [6.45, 7) is 2.32. The van der Waals surface area contributed by atoms with Crippen molar-refractivity contribution < 1.29 is 23.8 Å². The van der Waals surface area contributed by atoms with Crippen molar-refractivity contribution in [1.29, 1.82) is 0 Å². The first-order valence-corrected chi connectivity index (χ1v) is 9.55. The summed E-state index contributed by atoms with van der Waals surface area (Å²) in [5.74, 6) is 0.0769. The van der Waals surface area contributed by atoms with Crippen LogP contribution in [0.25, 0.3) is 0 Å². The van der Waals surface area contributed by atoms with E-state index >= 15 is 0 Å². The highest BCUT2D eigenvalue weighted by molar-refractivity contribution is 5.99. The van der Waals surface area contributed by atoms with Gasteiger partial charge in [-0.3, -0.25) is 4.79 Å². The van der Waals surface area contributed by atoms with Gasteiger partial charge in [0.1, 0.15) is 11.5 Å². The standard InChI is InChI=1S/C24H23NO5/c1-3-29-21-12-8-7-11-20(21)25-23(26)22(17-9-5-4-6-10-17)30-24(27)18-13-15-19(28-2)16-14-18/h4-16,22H,3H2,1-2H3,(H,25,26). The quantitative estimate of drug-likeness (QED) is 0.553. The van der Waals surface area contributed by atoms with Crippen LogP contribution in [0.15, 0.2) is 78.9 Å². The van der Waals surface area contributed by atoms with Crippen LogP contribution in [0.4, 0.5) is 5.69 Å². The molecule has 6 nitrogen and oxygen atoms in total. The molecule has 1 N–H and O–H groups in total. The minimum Gasteiger partial charge on any atom is -0.497 e. The zero-order chi connectivity index (χ0) is 21.3. The Kier molecular flexibility index (Phi) is 7.05. The number of hydrogen-bond donors (Lipinski definition) is 1. The van der Waals surface area contributed by atoms with E-state index in [2.05, 4.69) is 5.32 Å². The van der Waals surface area contributed by atoms with Crippen LogP contribution in [0.2, 0.25) is 0 Å². The summed E-state index contributed by atoms with van der Waals surface area (Å²) in [6.07, 6.45) is -1.13. The van der Waals surface area contributed by atoms with Crippen molar-refractivity contribution in [2.24, 2.45) is 0 Å². The minimum absolute atomic E-state index is 0.319. The van der Waals surface area contributed by atoms with E-state index < -0.39 is 18.0 Å². The first-order chi connectivity index (χ1) is 14.6. The molecule has 0 fully saturated rings. The molecule has 0 radical (unpaired) electrons. The Morgan fingerprint density at radius 3 is 2.23 bits per heavy atom. The molecule has 0 spiro atoms. The summed E-state index contributed by atoms with van der Waals surface area (Å²) in [5.41, 5.74) is 1.38. The number of benzene rings is 3. The van der Waals surface area contributed by atoms with Crippen LogP contribution in [-0.2, 0) is 9.53 Å². The van der Waals surface area contributed by atoms with Gasteiger partial charge in [0.2, 0.25) is 6.10 Å². The summed E-state index contributed by atoms with van der Waals surface area (Å²) in [4.78, 5) is 25.8. The predicted molar refractivity (Wildman–Crippen MR) is 114 cm³/mol. The zero-order valence-corrected chi connectivity index (χ0v) is 16.8. The number of rotatable bonds is 8. The molecule has 0 aromatic heterocycles. The fourth-order valence-corrected chi connectivity index (χ4v) is 2.85. The third kappa shape index (κ3) is 5.17. The lowest BCUT2D eigenvalue weighted by atomic mass is 10.1. The highest BCUT2D eigenvalue weighted by Gasteiger charge is 2.26. The van der Waals surface area contributed by atoms with Crippen LogP contribution in [0.5, 0.6) is 11.5 Å². The molecule has 6 heteroatoms. The summed E-state index contributed by atoms with van der Waals surface area (Å²) >= 11 is 0. The molecule has 1 atom stereocenters. The van der Waals surface area contributed by atoms with Gasteiger partial charge in [-0.05, 0) is 43.3 Å². The molecular weight excluding hydrogens is 382 g/mol. The molecular formula is C24H23NO5. The summed E-state index contributed by atoms with van der Waals surface area (Å²) in [5, 5.41) is 2.81. The van der Waals surface area contributed by atoms with E-state index in [1.165, 1.54) is 0 Å². The fourth-order valence-electron chi connectivity index (χ4n) is 2.85. The molecule has 0 aliphatic carbocycles. The molecule has 0 saturated carbocycles. The number of amides is 1. The first kappa shape index (κ1) is 20.9. The number of para-hydroxylation sites is 2. The lowest BCUT2D eigenvalue weighted by Gasteiger charge is -2.19. The number of nitrogens with one attached hydrogen (secondary N) is 1. The topological polar surface area (TPSA) is 73.9 Å². The smallest absolute Gasteiger partial charge is 0.339 e. The third-order valence-electron chi connectivity index (χ3n) is 4.34. The normalized spacial score (nSPS) is 11.3. The van der Waals surface area contributed by atoms with E-state index in [4.69, 9.17) is 14.2 Å². The maximum absolute atomic E-state index is 13.1. The van der Waals surface area contributed by atoms with Crippen molar-refractivity contribution in [3.05, 3.63) is 90.0 Å². The molecule has 0 saturated heterocycles. The van der Waals surface area contributed by atoms with Gasteiger partial charge in [0.15, 0.2) is 0 Å². The van der Waals surface area contributed by atoms with E-state index in [0.717, 1.165) is 0 Å². The lowest BCUT2D eigenvalue weighted by molar-refractivity contribution is -0.125. The highest BCUT2D eigenvalue weighted by Crippen LogP contribution is 2.27. The van der Waals surface area contributed by atoms with Gasteiger partial charge in [-0.25, -0.2) is 4.79 Å². The van der Waals surface area contributed by atoms with Crippen LogP contribution in [0, 0.1) is 0 Å². The minimum atomic E-state index is -1.13. The highest BCUT2D eigenvalue weighted by atomic mass is 16.5. The molecule has 0 aliphatic heterocycles. The molecule has 1 unspecified atom stereocenters. The molecule has 0 heterocycles. The first-order valence-electron chi connectivity index (χ1n) is 9.55. The Bertz CT molecular complexity index is 986. The number of carbonyl (C=O) groups is 2. The Hall–Kier alpha value is -3.80. The van der Waals surface area contributed by atoms with Crippen molar-refractivity contribution in [2.45, 2.75) is 13.0 Å². The van der Waals surface area contributed by atoms with Gasteiger partial charge < -0.3 is 19.5 Å². The maximum atomic E-state index is 13.1. The van der Waals surface area contributed by atoms with Gasteiger partial charge in [-0.2, -0.15) is 0 Å². The van der Waals surface area contributed by atoms with Crippen LogP contribution >= 0.6 is 0 Å². The van der Waals surface area contributed by atoms with Crippen molar-refractivity contribution in [3.8, 4) is 11.5 Å². The second kappa shape index (κ2) is 10.1. The van der Waals surface area contributed by atoms with Crippen molar-refractivity contribution in [1.82, 2.24) is 0 Å². The van der Waals surface area contributed by atoms with Crippen molar-refractivity contribution in [3.63, 3.8) is 0 Å². The summed E-state index contributed by atoms with van der Waals surface area (Å²) in [7, 11) is 1.54. The van der Waals surface area contributed by atoms with E-state index in [1.807, 2.05) is 19.1 Å². The number of esters is 1. The largest absolute Gasteiger partial charge is 0.497 e. The maximum Gasteiger partial charge on any atom is 0.339 e. The monoisotopic (exact) mass is 405 g/mol. The number of anilines is 1. The average molecular weight is 405 g/mol. The number of carbonyl (C=O) groups excluding carboxylic acids is 2. The van der Waals surface area contributed by atoms with Gasteiger partial charge in [-0.1, -0.05) is 42.5 Å². The van der Waals surface area contributed by atoms with Crippen LogP contribution < -0.4 is 14.8 Å². The molecule has 3 rings (SSSR count). The lowest BCUT2D eigenvalue weighted by Crippen LogP contribution is -2.26. The number of hydrogen-bond acceptors (Lipinski definition) is 5. The van der Waals surface area contributed by atoms with Crippen LogP contribution in [-0.4, -0.2) is 25.6 Å². The average Bonchev–Trinajstić information content (AvgIpc) is 2.79. The molecule has 30 heavy (non-hydrogen) atoms. The summed E-state index contributed by atoms with van der Waals surface area (Å²) < 4.78 is 16.3. The van der Waals surface area contributed by atoms with E-state index in [1.54, 1.807) is 73.8 Å². The predicted octanol–water partition coefficient (Wildman–Crippen LogP) is 4.63. The number of ether oxygens (including phenoxy) is 3. The van der Waals surface area contributed by atoms with Gasteiger partial charge in [0.25, 0.3) is 5.91 Å². The van der Waals surface area contributed by atoms with E-state index in [-0.39, 0.29) is 0 Å². The van der Waals surface area contributed by atoms with Crippen LogP contribution in [0.3, 0.4) is 0 Å². The van der Waals surface area contributed by atoms with E-state index in [0.29, 0.717) is 34.9 Å². The Balaban J connectivity index is 1.84. The Morgan fingerprint density at radius 2 is 1.57 bits per heavy atom. The van der Waals surface area contributed by atoms with Gasteiger partial charge in [0, 0.05) is 5.56 Å². The molecule has 0 aliphatic rings. The Morgan fingerprint density at radius 1 is 0.900 bits per heavy atom. The van der Waals surface area contributed by atoms with Gasteiger partial charge in [0.05, 0.1) is 25.0 Å². The fraction of sp³-hybridized carbons (Fsp3) is 0.167. The molecule has 154 valence electrons. The van der Waals surface area contributed by atoms with Crippen LogP contribution in [0.1, 0.15) is 28.9 Å². The van der Waals surface area contributed by atoms with Gasteiger partial charge in [-0.15, -0.1) is 0 Å². The Labute approximate surface area is 175 Å². The van der Waals surface area contributed by atoms with Crippen molar-refractivity contribution >= 4 is 17.6 Å². The molecule has 1 amide bonds. The SMILES string of the molecule is CCOc1ccccc1NC(=O)C(OC(=O)c1ccc(OC)cc1)c1ccccc1.